The van der Waals surface area contributed by atoms with Gasteiger partial charge in [-0.15, -0.1) is 4.73 Å². The van der Waals surface area contributed by atoms with Gasteiger partial charge in [0.1, 0.15) is 17.6 Å². The molecular formula is C19H18F5N3O6S. The van der Waals surface area contributed by atoms with Gasteiger partial charge in [0.25, 0.3) is 5.91 Å². The summed E-state index contributed by atoms with van der Waals surface area (Å²) >= 11 is 1.21. The Labute approximate surface area is 192 Å². The lowest BCUT2D eigenvalue weighted by Crippen LogP contribution is -2.58. The van der Waals surface area contributed by atoms with Crippen LogP contribution in [0, 0.1) is 29.1 Å². The highest BCUT2D eigenvalue weighted by Gasteiger charge is 2.38. The van der Waals surface area contributed by atoms with E-state index in [-0.39, 0.29) is 12.2 Å². The van der Waals surface area contributed by atoms with Crippen molar-refractivity contribution in [2.75, 3.05) is 18.6 Å². The summed E-state index contributed by atoms with van der Waals surface area (Å²) < 4.78 is 68.5. The Hall–Kier alpha value is -3.49. The van der Waals surface area contributed by atoms with Crippen molar-refractivity contribution in [2.45, 2.75) is 18.9 Å². The number of halogens is 5. The van der Waals surface area contributed by atoms with Gasteiger partial charge in [-0.2, -0.15) is 11.8 Å². The van der Waals surface area contributed by atoms with E-state index in [2.05, 4.69) is 10.2 Å². The molecule has 1 aromatic carbocycles. The number of benzene rings is 1. The number of amides is 2. The third kappa shape index (κ3) is 5.52. The SMILES string of the molecule is CSCC[C@](C)(NC(=O)c1c(F)c(F)c(F)c(F)c1F)C(=O)NCC(=O)On1c(O)ccc1O. The largest absolute Gasteiger partial charge is 0.492 e. The number of thioether (sulfide) groups is 1. The van der Waals surface area contributed by atoms with Crippen LogP contribution in [-0.2, 0) is 9.59 Å². The standard InChI is InChI=1S/C19H18F5N3O6S/c1-19(5-6-34-2,18(32)25-7-10(30)33-27-8(28)3-4-9(27)29)26-17(31)11-12(20)14(22)16(24)15(23)13(11)21/h3-4,28-29H,5-7H2,1-2H3,(H,25,32)(H,26,31)/t19-/m0/s1. The van der Waals surface area contributed by atoms with Crippen LogP contribution in [0.15, 0.2) is 12.1 Å². The smallest absolute Gasteiger partial charge is 0.352 e. The van der Waals surface area contributed by atoms with Gasteiger partial charge in [-0.05, 0) is 25.4 Å². The molecule has 1 heterocycles. The summed E-state index contributed by atoms with van der Waals surface area (Å²) in [7, 11) is 0. The molecule has 0 radical (unpaired) electrons. The molecule has 0 unspecified atom stereocenters. The Balaban J connectivity index is 2.21. The zero-order chi connectivity index (χ0) is 25.8. The molecule has 0 saturated carbocycles. The van der Waals surface area contributed by atoms with Crippen LogP contribution in [-0.4, -0.2) is 56.8 Å². The Kier molecular flexibility index (Phi) is 8.36. The fraction of sp³-hybridized carbons (Fsp3) is 0.316. The molecule has 0 bridgehead atoms. The molecule has 9 nitrogen and oxygen atoms in total. The van der Waals surface area contributed by atoms with Gasteiger partial charge in [0, 0.05) is 12.1 Å². The van der Waals surface area contributed by atoms with E-state index in [4.69, 9.17) is 0 Å². The lowest BCUT2D eigenvalue weighted by atomic mass is 9.96. The van der Waals surface area contributed by atoms with Crippen molar-refractivity contribution >= 4 is 29.5 Å². The van der Waals surface area contributed by atoms with Crippen molar-refractivity contribution in [3.63, 3.8) is 0 Å². The summed E-state index contributed by atoms with van der Waals surface area (Å²) in [4.78, 5) is 41.7. The van der Waals surface area contributed by atoms with Crippen molar-refractivity contribution in [1.82, 2.24) is 15.4 Å². The first-order chi connectivity index (χ1) is 15.8. The summed E-state index contributed by atoms with van der Waals surface area (Å²) in [5, 5.41) is 22.9. The number of nitrogens with zero attached hydrogens (tertiary/aromatic N) is 1. The van der Waals surface area contributed by atoms with Crippen LogP contribution in [0.5, 0.6) is 11.8 Å². The molecule has 2 aromatic rings. The van der Waals surface area contributed by atoms with Crippen molar-refractivity contribution < 1.29 is 51.4 Å². The number of hydrogen-bond donors (Lipinski definition) is 4. The van der Waals surface area contributed by atoms with Crippen LogP contribution in [0.1, 0.15) is 23.7 Å². The molecule has 0 aliphatic rings. The highest BCUT2D eigenvalue weighted by atomic mass is 32.2. The maximum atomic E-state index is 14.0. The summed E-state index contributed by atoms with van der Waals surface area (Å²) in [5.74, 6) is -16.9. The summed E-state index contributed by atoms with van der Waals surface area (Å²) in [6.45, 7) is 0.264. The van der Waals surface area contributed by atoms with Crippen LogP contribution < -0.4 is 15.5 Å². The zero-order valence-corrected chi connectivity index (χ0v) is 18.4. The van der Waals surface area contributed by atoms with Gasteiger partial charge in [-0.25, -0.2) is 26.7 Å². The van der Waals surface area contributed by atoms with E-state index in [9.17, 15) is 46.5 Å². The number of aromatic nitrogens is 1. The number of hydrogen-bond acceptors (Lipinski definition) is 7. The minimum Gasteiger partial charge on any atom is -0.492 e. The highest BCUT2D eigenvalue weighted by Crippen LogP contribution is 2.24. The lowest BCUT2D eigenvalue weighted by Gasteiger charge is -2.29. The first-order valence-corrected chi connectivity index (χ1v) is 10.7. The minimum atomic E-state index is -2.45. The van der Waals surface area contributed by atoms with Crippen molar-refractivity contribution in [2.24, 2.45) is 0 Å². The predicted octanol–water partition coefficient (Wildman–Crippen LogP) is 1.61. The van der Waals surface area contributed by atoms with Gasteiger partial charge in [0.05, 0.1) is 0 Å². The number of aromatic hydroxyl groups is 2. The van der Waals surface area contributed by atoms with Crippen molar-refractivity contribution in [1.29, 1.82) is 0 Å². The van der Waals surface area contributed by atoms with E-state index in [0.717, 1.165) is 19.1 Å². The number of nitrogens with one attached hydrogen (secondary N) is 2. The zero-order valence-electron chi connectivity index (χ0n) is 17.5. The normalized spacial score (nSPS) is 12.7. The molecule has 186 valence electrons. The Morgan fingerprint density at radius 1 is 1.00 bits per heavy atom. The monoisotopic (exact) mass is 511 g/mol. The molecule has 1 aromatic heterocycles. The highest BCUT2D eigenvalue weighted by molar-refractivity contribution is 7.98. The second-order valence-corrected chi connectivity index (χ2v) is 7.95. The molecule has 0 aliphatic heterocycles. The molecule has 1 atom stereocenters. The minimum absolute atomic E-state index is 0.171. The first-order valence-electron chi connectivity index (χ1n) is 9.26. The molecule has 4 N–H and O–H groups in total. The van der Waals surface area contributed by atoms with E-state index < -0.39 is 76.3 Å². The molecule has 2 rings (SSSR count). The van der Waals surface area contributed by atoms with Crippen LogP contribution in [0.2, 0.25) is 0 Å². The van der Waals surface area contributed by atoms with Gasteiger partial charge >= 0.3 is 5.97 Å². The molecule has 0 saturated heterocycles. The maximum Gasteiger partial charge on any atom is 0.352 e. The van der Waals surface area contributed by atoms with Crippen LogP contribution in [0.4, 0.5) is 22.0 Å². The van der Waals surface area contributed by atoms with Gasteiger partial charge in [0.2, 0.25) is 23.5 Å². The second-order valence-electron chi connectivity index (χ2n) is 6.96. The van der Waals surface area contributed by atoms with Crippen molar-refractivity contribution in [3.8, 4) is 11.8 Å². The molecule has 2 amide bonds. The number of rotatable bonds is 9. The van der Waals surface area contributed by atoms with E-state index in [1.165, 1.54) is 11.8 Å². The molecule has 34 heavy (non-hydrogen) atoms. The molecule has 0 spiro atoms. The van der Waals surface area contributed by atoms with Gasteiger partial charge in [-0.1, -0.05) is 0 Å². The molecule has 0 aliphatic carbocycles. The third-order valence-corrected chi connectivity index (χ3v) is 5.13. The summed E-state index contributed by atoms with van der Waals surface area (Å²) in [5.41, 5.74) is -3.74. The number of carbonyl (C=O) groups excluding carboxylic acids is 3. The summed E-state index contributed by atoms with van der Waals surface area (Å²) in [6.07, 6.45) is 1.47. The Morgan fingerprint density at radius 3 is 2.00 bits per heavy atom. The lowest BCUT2D eigenvalue weighted by molar-refractivity contribution is -0.146. The van der Waals surface area contributed by atoms with Gasteiger partial charge in [-0.3, -0.25) is 9.59 Å². The molecule has 0 fully saturated rings. The van der Waals surface area contributed by atoms with Crippen LogP contribution in [0.3, 0.4) is 0 Å². The summed E-state index contributed by atoms with van der Waals surface area (Å²) in [6, 6.07) is 2.02. The fourth-order valence-corrected chi connectivity index (χ4v) is 3.25. The number of carbonyl (C=O) groups is 3. The van der Waals surface area contributed by atoms with Crippen molar-refractivity contribution in [3.05, 3.63) is 46.8 Å². The predicted molar refractivity (Wildman–Crippen MR) is 107 cm³/mol. The fourth-order valence-electron chi connectivity index (χ4n) is 2.63. The van der Waals surface area contributed by atoms with Gasteiger partial charge < -0.3 is 25.7 Å². The molecular weight excluding hydrogens is 493 g/mol. The third-order valence-electron chi connectivity index (χ3n) is 4.52. The van der Waals surface area contributed by atoms with Crippen LogP contribution >= 0.6 is 11.8 Å². The second kappa shape index (κ2) is 10.6. The Bertz CT molecular complexity index is 1080. The first kappa shape index (κ1) is 26.8. The quantitative estimate of drug-likeness (QED) is 0.229. The topological polar surface area (TPSA) is 130 Å². The average molecular weight is 511 g/mol. The molecule has 15 heteroatoms. The van der Waals surface area contributed by atoms with E-state index in [1.54, 1.807) is 6.26 Å². The Morgan fingerprint density at radius 2 is 1.50 bits per heavy atom. The van der Waals surface area contributed by atoms with E-state index in [1.807, 2.05) is 5.32 Å². The maximum absolute atomic E-state index is 14.0. The van der Waals surface area contributed by atoms with Gasteiger partial charge in [0.15, 0.2) is 23.3 Å². The average Bonchev–Trinajstić information content (AvgIpc) is 3.10. The van der Waals surface area contributed by atoms with Crippen LogP contribution in [0.25, 0.3) is 0 Å². The van der Waals surface area contributed by atoms with E-state index >= 15 is 0 Å². The van der Waals surface area contributed by atoms with E-state index in [0.29, 0.717) is 4.73 Å².